The molecule has 0 aliphatic heterocycles. The number of hydrogen-bond donors (Lipinski definition) is 2. The van der Waals surface area contributed by atoms with Crippen molar-refractivity contribution in [2.75, 3.05) is 23.8 Å². The van der Waals surface area contributed by atoms with E-state index in [9.17, 15) is 0 Å². The van der Waals surface area contributed by atoms with Gasteiger partial charge in [0.2, 0.25) is 0 Å². The molecule has 5 nitrogen and oxygen atoms in total. The number of rotatable bonds is 5. The fraction of sp³-hybridized carbons (Fsp3) is 0.231. The molecule has 1 aromatic heterocycles. The third kappa shape index (κ3) is 3.18. The number of anilines is 2. The van der Waals surface area contributed by atoms with Crippen LogP contribution in [0.2, 0.25) is 0 Å². The number of benzene rings is 1. The van der Waals surface area contributed by atoms with Gasteiger partial charge in [-0.1, -0.05) is 30.3 Å². The predicted molar refractivity (Wildman–Crippen MR) is 71.0 cm³/mol. The molecule has 0 spiro atoms. The van der Waals surface area contributed by atoms with E-state index >= 15 is 0 Å². The normalized spacial score (nSPS) is 10.3. The molecule has 2 aromatic rings. The van der Waals surface area contributed by atoms with E-state index in [2.05, 4.69) is 10.2 Å². The molecule has 94 valence electrons. The topological polar surface area (TPSA) is 75.3 Å². The summed E-state index contributed by atoms with van der Waals surface area (Å²) in [6.45, 7) is 1.26. The van der Waals surface area contributed by atoms with E-state index in [1.165, 1.54) is 0 Å². The Morgan fingerprint density at radius 2 is 1.83 bits per heavy atom. The molecular formula is C13H16N4O. The first-order chi connectivity index (χ1) is 8.79. The summed E-state index contributed by atoms with van der Waals surface area (Å²) in [6.07, 6.45) is 0. The molecule has 1 heterocycles. The van der Waals surface area contributed by atoms with Gasteiger partial charge in [0.25, 0.3) is 0 Å². The number of aromatic nitrogens is 2. The fourth-order valence-electron chi connectivity index (χ4n) is 1.70. The molecule has 5 heteroatoms. The summed E-state index contributed by atoms with van der Waals surface area (Å²) in [5.41, 5.74) is 6.67. The van der Waals surface area contributed by atoms with Gasteiger partial charge in [-0.05, 0) is 17.7 Å². The van der Waals surface area contributed by atoms with Gasteiger partial charge < -0.3 is 15.7 Å². The van der Waals surface area contributed by atoms with Crippen LogP contribution >= 0.6 is 0 Å². The van der Waals surface area contributed by atoms with Crippen molar-refractivity contribution >= 4 is 11.6 Å². The van der Waals surface area contributed by atoms with Crippen molar-refractivity contribution in [3.05, 3.63) is 48.0 Å². The van der Waals surface area contributed by atoms with Crippen LogP contribution in [0.15, 0.2) is 42.5 Å². The quantitative estimate of drug-likeness (QED) is 0.822. The Morgan fingerprint density at radius 1 is 1.06 bits per heavy atom. The Kier molecular flexibility index (Phi) is 4.09. The van der Waals surface area contributed by atoms with Gasteiger partial charge in [0.15, 0.2) is 5.82 Å². The molecular weight excluding hydrogens is 228 g/mol. The van der Waals surface area contributed by atoms with Crippen LogP contribution in [0.4, 0.5) is 11.6 Å². The summed E-state index contributed by atoms with van der Waals surface area (Å²) >= 11 is 0. The number of hydrogen-bond acceptors (Lipinski definition) is 5. The smallest absolute Gasteiger partial charge is 0.151 e. The first-order valence-electron chi connectivity index (χ1n) is 5.78. The SMILES string of the molecule is Nc1ccc(N(CCO)Cc2ccccc2)nn1. The second-order valence-electron chi connectivity index (χ2n) is 3.95. The number of aliphatic hydroxyl groups is 1. The number of nitrogens with two attached hydrogens (primary N) is 1. The zero-order valence-electron chi connectivity index (χ0n) is 10.0. The maximum absolute atomic E-state index is 9.12. The summed E-state index contributed by atoms with van der Waals surface area (Å²) in [4.78, 5) is 1.96. The minimum atomic E-state index is 0.0683. The summed E-state index contributed by atoms with van der Waals surface area (Å²) < 4.78 is 0. The van der Waals surface area contributed by atoms with Crippen molar-refractivity contribution in [1.29, 1.82) is 0 Å². The molecule has 0 amide bonds. The Labute approximate surface area is 106 Å². The summed E-state index contributed by atoms with van der Waals surface area (Å²) in [7, 11) is 0. The number of nitrogens with zero attached hydrogens (tertiary/aromatic N) is 3. The second-order valence-corrected chi connectivity index (χ2v) is 3.95. The lowest BCUT2D eigenvalue weighted by Crippen LogP contribution is -2.27. The van der Waals surface area contributed by atoms with Crippen molar-refractivity contribution in [3.8, 4) is 0 Å². The molecule has 0 aliphatic carbocycles. The van der Waals surface area contributed by atoms with Gasteiger partial charge in [-0.15, -0.1) is 10.2 Å². The third-order valence-electron chi connectivity index (χ3n) is 2.58. The van der Waals surface area contributed by atoms with Gasteiger partial charge in [0.1, 0.15) is 5.82 Å². The highest BCUT2D eigenvalue weighted by atomic mass is 16.3. The van der Waals surface area contributed by atoms with E-state index in [0.717, 1.165) is 5.56 Å². The van der Waals surface area contributed by atoms with Gasteiger partial charge in [0.05, 0.1) is 6.61 Å². The Morgan fingerprint density at radius 3 is 2.44 bits per heavy atom. The van der Waals surface area contributed by atoms with Crippen LogP contribution in [0.25, 0.3) is 0 Å². The van der Waals surface area contributed by atoms with Crippen LogP contribution in [0.3, 0.4) is 0 Å². The molecule has 2 rings (SSSR count). The monoisotopic (exact) mass is 244 g/mol. The fourth-order valence-corrected chi connectivity index (χ4v) is 1.70. The van der Waals surface area contributed by atoms with Crippen LogP contribution in [-0.4, -0.2) is 28.5 Å². The molecule has 0 saturated carbocycles. The Hall–Kier alpha value is -2.14. The van der Waals surface area contributed by atoms with Gasteiger partial charge in [-0.3, -0.25) is 0 Å². The van der Waals surface area contributed by atoms with Gasteiger partial charge in [-0.2, -0.15) is 0 Å². The standard InChI is InChI=1S/C13H16N4O/c14-12-6-7-13(16-15-12)17(8-9-18)10-11-4-2-1-3-5-11/h1-7,18H,8-10H2,(H2,14,15). The molecule has 0 saturated heterocycles. The van der Waals surface area contributed by atoms with Crippen molar-refractivity contribution in [2.45, 2.75) is 6.54 Å². The van der Waals surface area contributed by atoms with Crippen molar-refractivity contribution < 1.29 is 5.11 Å². The van der Waals surface area contributed by atoms with E-state index in [4.69, 9.17) is 10.8 Å². The molecule has 0 fully saturated rings. The minimum absolute atomic E-state index is 0.0683. The third-order valence-corrected chi connectivity index (χ3v) is 2.58. The lowest BCUT2D eigenvalue weighted by atomic mass is 10.2. The van der Waals surface area contributed by atoms with E-state index in [0.29, 0.717) is 24.7 Å². The Balaban J connectivity index is 2.15. The highest BCUT2D eigenvalue weighted by molar-refractivity contribution is 5.42. The average molecular weight is 244 g/mol. The lowest BCUT2D eigenvalue weighted by Gasteiger charge is -2.22. The lowest BCUT2D eigenvalue weighted by molar-refractivity contribution is 0.301. The predicted octanol–water partition coefficient (Wildman–Crippen LogP) is 1.06. The molecule has 1 aromatic carbocycles. The van der Waals surface area contributed by atoms with Crippen LogP contribution in [0, 0.1) is 0 Å². The number of aliphatic hydroxyl groups excluding tert-OH is 1. The molecule has 0 aliphatic rings. The van der Waals surface area contributed by atoms with Crippen LogP contribution < -0.4 is 10.6 Å². The summed E-state index contributed by atoms with van der Waals surface area (Å²) in [5.74, 6) is 1.10. The largest absolute Gasteiger partial charge is 0.395 e. The number of nitrogen functional groups attached to an aromatic ring is 1. The molecule has 3 N–H and O–H groups in total. The van der Waals surface area contributed by atoms with E-state index < -0.39 is 0 Å². The zero-order valence-corrected chi connectivity index (χ0v) is 10.0. The van der Waals surface area contributed by atoms with Crippen LogP contribution in [0.1, 0.15) is 5.56 Å². The molecule has 0 atom stereocenters. The van der Waals surface area contributed by atoms with E-state index in [-0.39, 0.29) is 6.61 Å². The summed E-state index contributed by atoms with van der Waals surface area (Å²) in [6, 6.07) is 13.5. The summed E-state index contributed by atoms with van der Waals surface area (Å²) in [5, 5.41) is 17.0. The Bertz CT molecular complexity index is 472. The molecule has 18 heavy (non-hydrogen) atoms. The van der Waals surface area contributed by atoms with Crippen LogP contribution in [-0.2, 0) is 6.54 Å². The highest BCUT2D eigenvalue weighted by Gasteiger charge is 2.08. The van der Waals surface area contributed by atoms with Gasteiger partial charge >= 0.3 is 0 Å². The zero-order chi connectivity index (χ0) is 12.8. The highest BCUT2D eigenvalue weighted by Crippen LogP contribution is 2.13. The first-order valence-corrected chi connectivity index (χ1v) is 5.78. The molecule has 0 bridgehead atoms. The van der Waals surface area contributed by atoms with Gasteiger partial charge in [0, 0.05) is 13.1 Å². The maximum Gasteiger partial charge on any atom is 0.151 e. The van der Waals surface area contributed by atoms with Crippen molar-refractivity contribution in [3.63, 3.8) is 0 Å². The van der Waals surface area contributed by atoms with Crippen molar-refractivity contribution in [2.24, 2.45) is 0 Å². The maximum atomic E-state index is 9.12. The van der Waals surface area contributed by atoms with Gasteiger partial charge in [-0.25, -0.2) is 0 Å². The molecule has 0 radical (unpaired) electrons. The van der Waals surface area contributed by atoms with E-state index in [1.54, 1.807) is 12.1 Å². The molecule has 0 unspecified atom stereocenters. The van der Waals surface area contributed by atoms with Crippen molar-refractivity contribution in [1.82, 2.24) is 10.2 Å². The minimum Gasteiger partial charge on any atom is -0.395 e. The van der Waals surface area contributed by atoms with E-state index in [1.807, 2.05) is 35.2 Å². The average Bonchev–Trinajstić information content (AvgIpc) is 2.40. The first kappa shape index (κ1) is 12.3. The second kappa shape index (κ2) is 5.97. The van der Waals surface area contributed by atoms with Crippen LogP contribution in [0.5, 0.6) is 0 Å².